The molecule has 2 N–H and O–H groups in total. The molecule has 3 aromatic rings. The highest BCUT2D eigenvalue weighted by Gasteiger charge is 2.18. The monoisotopic (exact) mass is 395 g/mol. The van der Waals surface area contributed by atoms with Crippen molar-refractivity contribution in [1.29, 1.82) is 0 Å². The lowest BCUT2D eigenvalue weighted by atomic mass is 9.97. The number of hydrogen-bond donors (Lipinski definition) is 2. The van der Waals surface area contributed by atoms with Gasteiger partial charge in [-0.3, -0.25) is 14.8 Å². The molecule has 1 amide bonds. The second-order valence-electron chi connectivity index (χ2n) is 7.33. The molecule has 6 nitrogen and oxygen atoms in total. The number of piperidine rings is 1. The summed E-state index contributed by atoms with van der Waals surface area (Å²) in [5, 5.41) is 11.5. The number of anilines is 1. The van der Waals surface area contributed by atoms with Gasteiger partial charge in [-0.1, -0.05) is 12.1 Å². The van der Waals surface area contributed by atoms with E-state index in [4.69, 9.17) is 0 Å². The van der Waals surface area contributed by atoms with Crippen LogP contribution in [0.4, 0.5) is 5.13 Å². The van der Waals surface area contributed by atoms with E-state index in [0.717, 1.165) is 42.9 Å². The van der Waals surface area contributed by atoms with Gasteiger partial charge in [-0.25, -0.2) is 4.98 Å². The molecular weight excluding hydrogens is 370 g/mol. The van der Waals surface area contributed by atoms with Gasteiger partial charge in [-0.2, -0.15) is 5.10 Å². The van der Waals surface area contributed by atoms with Crippen molar-refractivity contribution in [2.75, 3.05) is 18.4 Å². The average molecular weight is 396 g/mol. The molecule has 0 radical (unpaired) electrons. The van der Waals surface area contributed by atoms with Gasteiger partial charge in [-0.15, -0.1) is 11.3 Å². The molecule has 28 heavy (non-hydrogen) atoms. The fourth-order valence-electron chi connectivity index (χ4n) is 3.63. The lowest BCUT2D eigenvalue weighted by molar-refractivity contribution is 0.102. The molecule has 1 saturated heterocycles. The Balaban J connectivity index is 1.43. The van der Waals surface area contributed by atoms with Crippen LogP contribution in [0.1, 0.15) is 50.9 Å². The first-order chi connectivity index (χ1) is 13.6. The number of nitrogens with zero attached hydrogens (tertiary/aromatic N) is 3. The van der Waals surface area contributed by atoms with Gasteiger partial charge in [0.15, 0.2) is 5.13 Å². The number of aryl methyl sites for hydroxylation is 2. The largest absolute Gasteiger partial charge is 0.317 e. The fraction of sp³-hybridized carbons (Fsp3) is 0.381. The summed E-state index contributed by atoms with van der Waals surface area (Å²) in [5.74, 6) is 0.426. The summed E-state index contributed by atoms with van der Waals surface area (Å²) >= 11 is 1.59. The Morgan fingerprint density at radius 1 is 1.29 bits per heavy atom. The van der Waals surface area contributed by atoms with Gasteiger partial charge < -0.3 is 5.32 Å². The van der Waals surface area contributed by atoms with Crippen molar-refractivity contribution < 1.29 is 4.79 Å². The van der Waals surface area contributed by atoms with Crippen molar-refractivity contribution in [2.24, 2.45) is 0 Å². The van der Waals surface area contributed by atoms with E-state index in [0.29, 0.717) is 23.2 Å². The maximum absolute atomic E-state index is 12.7. The highest BCUT2D eigenvalue weighted by atomic mass is 32.1. The second-order valence-corrected chi connectivity index (χ2v) is 8.39. The molecule has 1 fully saturated rings. The molecule has 0 aliphatic carbocycles. The van der Waals surface area contributed by atoms with E-state index in [9.17, 15) is 4.79 Å². The number of carbonyl (C=O) groups excluding carboxylic acids is 1. The van der Waals surface area contributed by atoms with E-state index in [1.165, 1.54) is 4.88 Å². The highest BCUT2D eigenvalue weighted by Crippen LogP contribution is 2.31. The lowest BCUT2D eigenvalue weighted by Gasteiger charge is -2.20. The summed E-state index contributed by atoms with van der Waals surface area (Å²) < 4.78 is 1.96. The number of amides is 1. The van der Waals surface area contributed by atoms with Crippen molar-refractivity contribution in [3.63, 3.8) is 0 Å². The first kappa shape index (κ1) is 18.8. The number of hydrogen-bond acceptors (Lipinski definition) is 5. The summed E-state index contributed by atoms with van der Waals surface area (Å²) in [6, 6.07) is 9.75. The van der Waals surface area contributed by atoms with Crippen molar-refractivity contribution in [3.05, 3.63) is 63.9 Å². The zero-order valence-electron chi connectivity index (χ0n) is 16.2. The number of carbonyl (C=O) groups is 1. The molecular formula is C21H25N5OS. The van der Waals surface area contributed by atoms with E-state index in [1.807, 2.05) is 49.0 Å². The number of aromatic nitrogens is 3. The Morgan fingerprint density at radius 2 is 2.11 bits per heavy atom. The van der Waals surface area contributed by atoms with E-state index in [-0.39, 0.29) is 5.91 Å². The van der Waals surface area contributed by atoms with Crippen LogP contribution in [0.3, 0.4) is 0 Å². The third-order valence-electron chi connectivity index (χ3n) is 5.11. The minimum atomic E-state index is -0.124. The Morgan fingerprint density at radius 3 is 2.86 bits per heavy atom. The summed E-state index contributed by atoms with van der Waals surface area (Å²) in [6.45, 7) is 6.77. The van der Waals surface area contributed by atoms with Crippen LogP contribution in [0.2, 0.25) is 0 Å². The second kappa shape index (κ2) is 8.24. The maximum Gasteiger partial charge on any atom is 0.257 e. The maximum atomic E-state index is 12.7. The van der Waals surface area contributed by atoms with Crippen LogP contribution in [0.15, 0.2) is 36.5 Å². The summed E-state index contributed by atoms with van der Waals surface area (Å²) in [4.78, 5) is 18.4. The zero-order valence-corrected chi connectivity index (χ0v) is 17.1. The Hall–Kier alpha value is -2.51. The number of thiazole rings is 1. The van der Waals surface area contributed by atoms with Crippen LogP contribution in [-0.4, -0.2) is 33.8 Å². The summed E-state index contributed by atoms with van der Waals surface area (Å²) in [6.07, 6.45) is 4.17. The molecule has 2 aromatic heterocycles. The molecule has 1 aliphatic heterocycles. The van der Waals surface area contributed by atoms with Gasteiger partial charge in [0.2, 0.25) is 0 Å². The Bertz CT molecular complexity index is 971. The van der Waals surface area contributed by atoms with Crippen LogP contribution in [0.5, 0.6) is 0 Å². The van der Waals surface area contributed by atoms with Gasteiger partial charge in [0.1, 0.15) is 0 Å². The van der Waals surface area contributed by atoms with E-state index >= 15 is 0 Å². The number of rotatable bonds is 5. The van der Waals surface area contributed by atoms with Crippen LogP contribution in [0, 0.1) is 13.8 Å². The molecule has 0 atom stereocenters. The van der Waals surface area contributed by atoms with Gasteiger partial charge in [0.25, 0.3) is 5.91 Å². The topological polar surface area (TPSA) is 71.8 Å². The summed E-state index contributed by atoms with van der Waals surface area (Å²) in [5.41, 5.74) is 3.80. The van der Waals surface area contributed by atoms with E-state index in [1.54, 1.807) is 11.3 Å². The summed E-state index contributed by atoms with van der Waals surface area (Å²) in [7, 11) is 0. The molecule has 0 spiro atoms. The predicted octanol–water partition coefficient (Wildman–Crippen LogP) is 3.72. The first-order valence-corrected chi connectivity index (χ1v) is 10.5. The van der Waals surface area contributed by atoms with Gasteiger partial charge in [0, 0.05) is 22.3 Å². The smallest absolute Gasteiger partial charge is 0.257 e. The molecule has 0 unspecified atom stereocenters. The quantitative estimate of drug-likeness (QED) is 0.691. The van der Waals surface area contributed by atoms with Crippen LogP contribution >= 0.6 is 11.3 Å². The Kier molecular flexibility index (Phi) is 5.54. The van der Waals surface area contributed by atoms with Crippen LogP contribution < -0.4 is 10.6 Å². The Labute approximate surface area is 169 Å². The standard InChI is InChI=1S/C21H25N5OS/c1-14-10-15(2)26(25-14)13-16-4-3-5-18(11-16)20(27)24-21-23-12-19(28-21)17-6-8-22-9-7-17/h3-5,10-12,17,22H,6-9,13H2,1-2H3,(H,23,24,27). The molecule has 0 bridgehead atoms. The molecule has 4 rings (SSSR count). The third kappa shape index (κ3) is 4.31. The van der Waals surface area contributed by atoms with Crippen molar-refractivity contribution >= 4 is 22.4 Å². The van der Waals surface area contributed by atoms with Gasteiger partial charge >= 0.3 is 0 Å². The molecule has 146 valence electrons. The van der Waals surface area contributed by atoms with Gasteiger partial charge in [0.05, 0.1) is 12.2 Å². The average Bonchev–Trinajstić information content (AvgIpc) is 3.29. The normalized spacial score (nSPS) is 14.9. The zero-order chi connectivity index (χ0) is 19.5. The van der Waals surface area contributed by atoms with E-state index in [2.05, 4.69) is 26.8 Å². The van der Waals surface area contributed by atoms with Gasteiger partial charge in [-0.05, 0) is 69.5 Å². The molecule has 3 heterocycles. The molecule has 0 saturated carbocycles. The third-order valence-corrected chi connectivity index (χ3v) is 6.19. The highest BCUT2D eigenvalue weighted by molar-refractivity contribution is 7.15. The van der Waals surface area contributed by atoms with Crippen molar-refractivity contribution in [2.45, 2.75) is 39.2 Å². The first-order valence-electron chi connectivity index (χ1n) is 9.66. The minimum absolute atomic E-state index is 0.124. The van der Waals surface area contributed by atoms with Crippen molar-refractivity contribution in [1.82, 2.24) is 20.1 Å². The molecule has 1 aromatic carbocycles. The van der Waals surface area contributed by atoms with E-state index < -0.39 is 0 Å². The SMILES string of the molecule is Cc1cc(C)n(Cc2cccc(C(=O)Nc3ncc(C4CCNCC4)s3)c2)n1. The van der Waals surface area contributed by atoms with Crippen molar-refractivity contribution in [3.8, 4) is 0 Å². The molecule has 1 aliphatic rings. The fourth-order valence-corrected chi connectivity index (χ4v) is 4.61. The number of nitrogens with one attached hydrogen (secondary N) is 2. The number of benzene rings is 1. The van der Waals surface area contributed by atoms with Crippen LogP contribution in [0.25, 0.3) is 0 Å². The van der Waals surface area contributed by atoms with Crippen LogP contribution in [-0.2, 0) is 6.54 Å². The molecule has 7 heteroatoms. The predicted molar refractivity (Wildman–Crippen MR) is 112 cm³/mol. The lowest BCUT2D eigenvalue weighted by Crippen LogP contribution is -2.26. The minimum Gasteiger partial charge on any atom is -0.317 e.